The fourth-order valence-corrected chi connectivity index (χ4v) is 3.36. The molecular formula is C18H25NS. The first-order chi connectivity index (χ1) is 9.35. The Morgan fingerprint density at radius 3 is 2.10 bits per heavy atom. The third-order valence-corrected chi connectivity index (χ3v) is 5.16. The predicted octanol–water partition coefficient (Wildman–Crippen LogP) is 4.50. The summed E-state index contributed by atoms with van der Waals surface area (Å²) in [6.45, 7) is 9.68. The summed E-state index contributed by atoms with van der Waals surface area (Å²) in [7, 11) is 0. The molecule has 1 aromatic heterocycles. The van der Waals surface area contributed by atoms with Crippen molar-refractivity contribution in [3.05, 3.63) is 57.8 Å². The molecule has 20 heavy (non-hydrogen) atoms. The fraction of sp³-hybridized carbons (Fsp3) is 0.444. The van der Waals surface area contributed by atoms with Crippen molar-refractivity contribution in [1.82, 2.24) is 0 Å². The number of thiophene rings is 1. The van der Waals surface area contributed by atoms with Gasteiger partial charge in [-0.05, 0) is 34.4 Å². The highest BCUT2D eigenvalue weighted by Gasteiger charge is 2.26. The van der Waals surface area contributed by atoms with E-state index in [1.807, 2.05) is 0 Å². The Kier molecular flexibility index (Phi) is 4.36. The van der Waals surface area contributed by atoms with Gasteiger partial charge in [-0.1, -0.05) is 58.0 Å². The lowest BCUT2D eigenvalue weighted by molar-refractivity contribution is 0.490. The van der Waals surface area contributed by atoms with Crippen molar-refractivity contribution in [1.29, 1.82) is 0 Å². The summed E-state index contributed by atoms with van der Waals surface area (Å²) in [4.78, 5) is 1.37. The van der Waals surface area contributed by atoms with E-state index >= 15 is 0 Å². The highest BCUT2D eigenvalue weighted by Crippen LogP contribution is 2.31. The summed E-state index contributed by atoms with van der Waals surface area (Å²) in [6.07, 6.45) is 0.994. The zero-order chi connectivity index (χ0) is 14.8. The Bertz CT molecular complexity index is 534. The Morgan fingerprint density at radius 2 is 1.65 bits per heavy atom. The molecule has 0 aliphatic carbocycles. The van der Waals surface area contributed by atoms with Gasteiger partial charge in [0.25, 0.3) is 0 Å². The van der Waals surface area contributed by atoms with Crippen molar-refractivity contribution < 1.29 is 0 Å². The SMILES string of the molecule is CC(C)(C)c1ccc(CC(C)(CN)c2cccs2)cc1. The number of rotatable bonds is 4. The Morgan fingerprint density at radius 1 is 1.00 bits per heavy atom. The smallest absolute Gasteiger partial charge is 0.0181 e. The molecule has 2 aromatic rings. The average Bonchev–Trinajstić information content (AvgIpc) is 2.92. The topological polar surface area (TPSA) is 26.0 Å². The van der Waals surface area contributed by atoms with Crippen molar-refractivity contribution in [3.8, 4) is 0 Å². The molecule has 0 aliphatic rings. The molecule has 2 N–H and O–H groups in total. The second-order valence-corrected chi connectivity index (χ2v) is 7.81. The van der Waals surface area contributed by atoms with Crippen molar-refractivity contribution in [2.24, 2.45) is 5.73 Å². The van der Waals surface area contributed by atoms with E-state index in [1.165, 1.54) is 16.0 Å². The summed E-state index contributed by atoms with van der Waals surface area (Å²) < 4.78 is 0. The first kappa shape index (κ1) is 15.3. The van der Waals surface area contributed by atoms with Crippen LogP contribution in [-0.2, 0) is 17.3 Å². The molecule has 1 aromatic carbocycles. The van der Waals surface area contributed by atoms with Gasteiger partial charge in [0.15, 0.2) is 0 Å². The lowest BCUT2D eigenvalue weighted by Gasteiger charge is -2.27. The average molecular weight is 287 g/mol. The van der Waals surface area contributed by atoms with E-state index in [2.05, 4.69) is 69.5 Å². The van der Waals surface area contributed by atoms with Crippen LogP contribution in [0.1, 0.15) is 43.7 Å². The molecular weight excluding hydrogens is 262 g/mol. The van der Waals surface area contributed by atoms with Crippen molar-refractivity contribution >= 4 is 11.3 Å². The van der Waals surface area contributed by atoms with Crippen LogP contribution in [-0.4, -0.2) is 6.54 Å². The maximum absolute atomic E-state index is 6.05. The third kappa shape index (κ3) is 3.31. The van der Waals surface area contributed by atoms with Crippen molar-refractivity contribution in [2.75, 3.05) is 6.54 Å². The van der Waals surface area contributed by atoms with E-state index in [1.54, 1.807) is 11.3 Å². The van der Waals surface area contributed by atoms with Crippen LogP contribution < -0.4 is 5.73 Å². The van der Waals surface area contributed by atoms with E-state index in [9.17, 15) is 0 Å². The van der Waals surface area contributed by atoms with Gasteiger partial charge in [0, 0.05) is 16.8 Å². The normalized spacial score (nSPS) is 15.1. The molecule has 2 rings (SSSR count). The minimum absolute atomic E-state index is 0.0391. The highest BCUT2D eigenvalue weighted by atomic mass is 32.1. The zero-order valence-corrected chi connectivity index (χ0v) is 13.8. The quantitative estimate of drug-likeness (QED) is 0.880. The molecule has 0 fully saturated rings. The van der Waals surface area contributed by atoms with Crippen LogP contribution in [0.3, 0.4) is 0 Å². The third-order valence-electron chi connectivity index (χ3n) is 3.98. The molecule has 1 atom stereocenters. The Hall–Kier alpha value is -1.12. The number of hydrogen-bond acceptors (Lipinski definition) is 2. The fourth-order valence-electron chi connectivity index (χ4n) is 2.45. The monoisotopic (exact) mass is 287 g/mol. The number of nitrogens with two attached hydrogens (primary N) is 1. The molecule has 0 bridgehead atoms. The van der Waals surface area contributed by atoms with Gasteiger partial charge in [0.2, 0.25) is 0 Å². The lowest BCUT2D eigenvalue weighted by atomic mass is 9.81. The van der Waals surface area contributed by atoms with E-state index in [-0.39, 0.29) is 10.8 Å². The molecule has 1 nitrogen and oxygen atoms in total. The second kappa shape index (κ2) is 5.71. The molecule has 0 radical (unpaired) electrons. The minimum atomic E-state index is 0.0391. The Labute approximate surface area is 126 Å². The van der Waals surface area contributed by atoms with Crippen LogP contribution in [0, 0.1) is 0 Å². The van der Waals surface area contributed by atoms with Crippen LogP contribution in [0.5, 0.6) is 0 Å². The van der Waals surface area contributed by atoms with Crippen LogP contribution in [0.4, 0.5) is 0 Å². The van der Waals surface area contributed by atoms with Crippen LogP contribution in [0.15, 0.2) is 41.8 Å². The molecule has 108 valence electrons. The molecule has 0 spiro atoms. The van der Waals surface area contributed by atoms with Gasteiger partial charge in [-0.25, -0.2) is 0 Å². The van der Waals surface area contributed by atoms with Gasteiger partial charge in [-0.3, -0.25) is 0 Å². The zero-order valence-electron chi connectivity index (χ0n) is 12.9. The van der Waals surface area contributed by atoms with Crippen molar-refractivity contribution in [2.45, 2.75) is 44.9 Å². The second-order valence-electron chi connectivity index (χ2n) is 6.87. The first-order valence-corrected chi connectivity index (χ1v) is 8.07. The Balaban J connectivity index is 2.21. The minimum Gasteiger partial charge on any atom is -0.330 e. The summed E-state index contributed by atoms with van der Waals surface area (Å²) in [5, 5.41) is 2.13. The number of benzene rings is 1. The maximum atomic E-state index is 6.05. The molecule has 0 aliphatic heterocycles. The molecule has 0 amide bonds. The maximum Gasteiger partial charge on any atom is 0.0181 e. The van der Waals surface area contributed by atoms with E-state index in [0.29, 0.717) is 6.54 Å². The van der Waals surface area contributed by atoms with Gasteiger partial charge < -0.3 is 5.73 Å². The van der Waals surface area contributed by atoms with Crippen LogP contribution in [0.2, 0.25) is 0 Å². The summed E-state index contributed by atoms with van der Waals surface area (Å²) >= 11 is 1.80. The predicted molar refractivity (Wildman–Crippen MR) is 89.6 cm³/mol. The van der Waals surface area contributed by atoms with Gasteiger partial charge in [0.1, 0.15) is 0 Å². The van der Waals surface area contributed by atoms with Gasteiger partial charge in [-0.2, -0.15) is 0 Å². The first-order valence-electron chi connectivity index (χ1n) is 7.19. The summed E-state index contributed by atoms with van der Waals surface area (Å²) in [5.41, 5.74) is 9.04. The largest absolute Gasteiger partial charge is 0.330 e. The van der Waals surface area contributed by atoms with E-state index < -0.39 is 0 Å². The van der Waals surface area contributed by atoms with Gasteiger partial charge in [-0.15, -0.1) is 11.3 Å². The summed E-state index contributed by atoms with van der Waals surface area (Å²) in [6, 6.07) is 13.3. The number of hydrogen-bond donors (Lipinski definition) is 1. The van der Waals surface area contributed by atoms with Gasteiger partial charge in [0.05, 0.1) is 0 Å². The van der Waals surface area contributed by atoms with Crippen molar-refractivity contribution in [3.63, 3.8) is 0 Å². The van der Waals surface area contributed by atoms with E-state index in [4.69, 9.17) is 5.73 Å². The highest BCUT2D eigenvalue weighted by molar-refractivity contribution is 7.10. The molecule has 2 heteroatoms. The molecule has 0 saturated heterocycles. The standard InChI is InChI=1S/C18H25NS/c1-17(2,3)15-9-7-14(8-10-15)12-18(4,13-19)16-6-5-11-20-16/h5-11H,12-13,19H2,1-4H3. The lowest BCUT2D eigenvalue weighted by Crippen LogP contribution is -2.33. The van der Waals surface area contributed by atoms with Gasteiger partial charge >= 0.3 is 0 Å². The van der Waals surface area contributed by atoms with Crippen LogP contribution in [0.25, 0.3) is 0 Å². The van der Waals surface area contributed by atoms with Crippen LogP contribution >= 0.6 is 11.3 Å². The molecule has 1 unspecified atom stereocenters. The summed E-state index contributed by atoms with van der Waals surface area (Å²) in [5.74, 6) is 0. The molecule has 1 heterocycles. The van der Waals surface area contributed by atoms with E-state index in [0.717, 1.165) is 6.42 Å². The molecule has 0 saturated carbocycles.